The number of rotatable bonds is 10. The SMILES string of the molecule is CC(C)CC(NC(=O)C(NC(=O)C(N)CO)C(C)O)C(=O)N1CCCC1C(=O)O. The van der Waals surface area contributed by atoms with E-state index in [2.05, 4.69) is 10.6 Å². The lowest BCUT2D eigenvalue weighted by Crippen LogP contribution is -2.60. The van der Waals surface area contributed by atoms with Crippen LogP contribution in [0.1, 0.15) is 40.0 Å². The third-order valence-electron chi connectivity index (χ3n) is 4.74. The molecule has 7 N–H and O–H groups in total. The van der Waals surface area contributed by atoms with E-state index in [0.717, 1.165) is 0 Å². The van der Waals surface area contributed by atoms with Gasteiger partial charge in [0.2, 0.25) is 17.7 Å². The first-order valence-electron chi connectivity index (χ1n) is 9.68. The molecule has 1 aliphatic rings. The number of hydrogen-bond acceptors (Lipinski definition) is 7. The van der Waals surface area contributed by atoms with Crippen LogP contribution >= 0.6 is 0 Å². The molecule has 11 nitrogen and oxygen atoms in total. The predicted octanol–water partition coefficient (Wildman–Crippen LogP) is -2.22. The molecular weight excluding hydrogens is 384 g/mol. The minimum Gasteiger partial charge on any atom is -0.480 e. The molecule has 0 radical (unpaired) electrons. The summed E-state index contributed by atoms with van der Waals surface area (Å²) in [6.07, 6.45) is -0.145. The number of amides is 3. The Morgan fingerprint density at radius 2 is 1.76 bits per heavy atom. The molecule has 1 saturated heterocycles. The van der Waals surface area contributed by atoms with Gasteiger partial charge >= 0.3 is 5.97 Å². The number of likely N-dealkylation sites (tertiary alicyclic amines) is 1. The highest BCUT2D eigenvalue weighted by Gasteiger charge is 2.39. The van der Waals surface area contributed by atoms with E-state index in [1.807, 2.05) is 13.8 Å². The Morgan fingerprint density at radius 1 is 1.14 bits per heavy atom. The highest BCUT2D eigenvalue weighted by Crippen LogP contribution is 2.20. The van der Waals surface area contributed by atoms with Crippen LogP contribution in [0, 0.1) is 5.92 Å². The van der Waals surface area contributed by atoms with Gasteiger partial charge in [-0.3, -0.25) is 14.4 Å². The van der Waals surface area contributed by atoms with Gasteiger partial charge in [0, 0.05) is 6.54 Å². The molecule has 0 aromatic carbocycles. The molecule has 1 aliphatic heterocycles. The van der Waals surface area contributed by atoms with Gasteiger partial charge in [-0.05, 0) is 32.1 Å². The second-order valence-corrected chi connectivity index (χ2v) is 7.73. The minimum absolute atomic E-state index is 0.0116. The fourth-order valence-electron chi connectivity index (χ4n) is 3.19. The first-order chi connectivity index (χ1) is 13.5. The van der Waals surface area contributed by atoms with Crippen molar-refractivity contribution in [3.8, 4) is 0 Å². The Balaban J connectivity index is 2.97. The largest absolute Gasteiger partial charge is 0.480 e. The molecule has 0 aliphatic carbocycles. The van der Waals surface area contributed by atoms with Crippen molar-refractivity contribution in [3.63, 3.8) is 0 Å². The van der Waals surface area contributed by atoms with Crippen LogP contribution in [0.15, 0.2) is 0 Å². The smallest absolute Gasteiger partial charge is 0.326 e. The van der Waals surface area contributed by atoms with Crippen LogP contribution < -0.4 is 16.4 Å². The predicted molar refractivity (Wildman–Crippen MR) is 102 cm³/mol. The third kappa shape index (κ3) is 6.94. The molecular formula is C18H32N4O7. The zero-order valence-electron chi connectivity index (χ0n) is 17.0. The molecule has 0 aromatic rings. The van der Waals surface area contributed by atoms with E-state index in [1.165, 1.54) is 11.8 Å². The highest BCUT2D eigenvalue weighted by atomic mass is 16.4. The molecule has 0 aromatic heterocycles. The third-order valence-corrected chi connectivity index (χ3v) is 4.74. The maximum absolute atomic E-state index is 12.9. The van der Waals surface area contributed by atoms with Crippen LogP contribution in [0.4, 0.5) is 0 Å². The van der Waals surface area contributed by atoms with E-state index in [-0.39, 0.29) is 18.9 Å². The molecule has 3 amide bonds. The normalized spacial score (nSPS) is 20.7. The van der Waals surface area contributed by atoms with Crippen molar-refractivity contribution in [1.82, 2.24) is 15.5 Å². The average Bonchev–Trinajstić information content (AvgIpc) is 3.13. The van der Waals surface area contributed by atoms with E-state index >= 15 is 0 Å². The molecule has 1 rings (SSSR count). The number of nitrogens with zero attached hydrogens (tertiary/aromatic N) is 1. The number of aliphatic hydroxyl groups is 2. The van der Waals surface area contributed by atoms with Gasteiger partial charge in [0.05, 0.1) is 12.7 Å². The fraction of sp³-hybridized carbons (Fsp3) is 0.778. The number of aliphatic hydroxyl groups excluding tert-OH is 2. The molecule has 5 atom stereocenters. The Kier molecular flexibility index (Phi) is 9.47. The highest BCUT2D eigenvalue weighted by molar-refractivity contribution is 5.94. The van der Waals surface area contributed by atoms with Crippen LogP contribution in [-0.2, 0) is 19.2 Å². The number of nitrogens with one attached hydrogen (secondary N) is 2. The first-order valence-corrected chi connectivity index (χ1v) is 9.68. The number of carbonyl (C=O) groups excluding carboxylic acids is 3. The van der Waals surface area contributed by atoms with Crippen molar-refractivity contribution >= 4 is 23.7 Å². The van der Waals surface area contributed by atoms with Crippen molar-refractivity contribution < 1.29 is 34.5 Å². The topological polar surface area (TPSA) is 182 Å². The molecule has 29 heavy (non-hydrogen) atoms. The number of aliphatic carboxylic acids is 1. The molecule has 11 heteroatoms. The molecule has 0 saturated carbocycles. The maximum Gasteiger partial charge on any atom is 0.326 e. The van der Waals surface area contributed by atoms with Gasteiger partial charge in [-0.2, -0.15) is 0 Å². The van der Waals surface area contributed by atoms with E-state index in [4.69, 9.17) is 10.8 Å². The van der Waals surface area contributed by atoms with E-state index in [0.29, 0.717) is 12.8 Å². The van der Waals surface area contributed by atoms with Crippen molar-refractivity contribution in [2.24, 2.45) is 11.7 Å². The van der Waals surface area contributed by atoms with Gasteiger partial charge in [-0.25, -0.2) is 4.79 Å². The summed E-state index contributed by atoms with van der Waals surface area (Å²) in [5.74, 6) is -3.23. The summed E-state index contributed by atoms with van der Waals surface area (Å²) in [5, 5.41) is 33.0. The Labute approximate surface area is 169 Å². The first kappa shape index (κ1) is 24.8. The Bertz CT molecular complexity index is 611. The number of carbonyl (C=O) groups is 4. The maximum atomic E-state index is 12.9. The fourth-order valence-corrected chi connectivity index (χ4v) is 3.19. The van der Waals surface area contributed by atoms with E-state index < -0.39 is 60.6 Å². The molecule has 0 bridgehead atoms. The second-order valence-electron chi connectivity index (χ2n) is 7.73. The van der Waals surface area contributed by atoms with Crippen molar-refractivity contribution in [2.45, 2.75) is 70.3 Å². The standard InChI is InChI=1S/C18H32N4O7/c1-9(2)7-12(17(27)22-6-4-5-13(22)18(28)29)20-16(26)14(10(3)24)21-15(25)11(19)8-23/h9-14,23-24H,4-8,19H2,1-3H3,(H,20,26)(H,21,25)(H,28,29). The number of nitrogens with two attached hydrogens (primary N) is 1. The number of hydrogen-bond donors (Lipinski definition) is 6. The van der Waals surface area contributed by atoms with Crippen molar-refractivity contribution in [3.05, 3.63) is 0 Å². The van der Waals surface area contributed by atoms with Gasteiger partial charge in [0.25, 0.3) is 0 Å². The number of carboxylic acids is 1. The van der Waals surface area contributed by atoms with Crippen molar-refractivity contribution in [1.29, 1.82) is 0 Å². The molecule has 5 unspecified atom stereocenters. The van der Waals surface area contributed by atoms with Gasteiger partial charge in [-0.1, -0.05) is 13.8 Å². The lowest BCUT2D eigenvalue weighted by molar-refractivity contribution is -0.149. The van der Waals surface area contributed by atoms with Crippen LogP contribution in [0.3, 0.4) is 0 Å². The van der Waals surface area contributed by atoms with E-state index in [9.17, 15) is 29.4 Å². The van der Waals surface area contributed by atoms with Crippen LogP contribution in [0.25, 0.3) is 0 Å². The zero-order chi connectivity index (χ0) is 22.3. The lowest BCUT2D eigenvalue weighted by Gasteiger charge is -2.30. The summed E-state index contributed by atoms with van der Waals surface area (Å²) < 4.78 is 0. The number of carboxylic acid groups (broad SMARTS) is 1. The zero-order valence-corrected chi connectivity index (χ0v) is 17.0. The van der Waals surface area contributed by atoms with Crippen molar-refractivity contribution in [2.75, 3.05) is 13.2 Å². The summed E-state index contributed by atoms with van der Waals surface area (Å²) in [4.78, 5) is 50.2. The lowest BCUT2D eigenvalue weighted by atomic mass is 10.0. The van der Waals surface area contributed by atoms with Crippen LogP contribution in [0.2, 0.25) is 0 Å². The molecule has 0 spiro atoms. The second kappa shape index (κ2) is 11.1. The molecule has 1 fully saturated rings. The van der Waals surface area contributed by atoms with Gasteiger partial charge in [0.15, 0.2) is 0 Å². The van der Waals surface area contributed by atoms with Crippen LogP contribution in [0.5, 0.6) is 0 Å². The van der Waals surface area contributed by atoms with Crippen LogP contribution in [-0.4, -0.2) is 87.3 Å². The minimum atomic E-state index is -1.39. The summed E-state index contributed by atoms with van der Waals surface area (Å²) in [5.41, 5.74) is 5.41. The summed E-state index contributed by atoms with van der Waals surface area (Å²) >= 11 is 0. The monoisotopic (exact) mass is 416 g/mol. The summed E-state index contributed by atoms with van der Waals surface area (Å²) in [7, 11) is 0. The quantitative estimate of drug-likeness (QED) is 0.231. The summed E-state index contributed by atoms with van der Waals surface area (Å²) in [6, 6.07) is -4.61. The van der Waals surface area contributed by atoms with E-state index in [1.54, 1.807) is 0 Å². The molecule has 1 heterocycles. The van der Waals surface area contributed by atoms with Gasteiger partial charge in [0.1, 0.15) is 24.2 Å². The molecule has 166 valence electrons. The van der Waals surface area contributed by atoms with Gasteiger partial charge in [-0.15, -0.1) is 0 Å². The Hall–Kier alpha value is -2.24. The Morgan fingerprint density at radius 3 is 2.24 bits per heavy atom. The average molecular weight is 416 g/mol. The summed E-state index contributed by atoms with van der Waals surface area (Å²) in [6.45, 7) is 4.62. The van der Waals surface area contributed by atoms with Gasteiger partial charge < -0.3 is 36.6 Å².